The Bertz CT molecular complexity index is 785. The summed E-state index contributed by atoms with van der Waals surface area (Å²) in [5.74, 6) is 0. The van der Waals surface area contributed by atoms with Gasteiger partial charge in [0.25, 0.3) is 0 Å². The summed E-state index contributed by atoms with van der Waals surface area (Å²) in [5.41, 5.74) is 1.27. The first-order chi connectivity index (χ1) is 12.1. The molecule has 1 N–H and O–H groups in total. The van der Waals surface area contributed by atoms with Crippen molar-refractivity contribution in [1.29, 1.82) is 0 Å². The fraction of sp³-hybridized carbons (Fsp3) is 0.375. The van der Waals surface area contributed by atoms with E-state index in [1.165, 1.54) is 0 Å². The predicted molar refractivity (Wildman–Crippen MR) is 93.7 cm³/mol. The van der Waals surface area contributed by atoms with E-state index in [1.807, 2.05) is 0 Å². The molecule has 2 unspecified atom stereocenters. The fourth-order valence-electron chi connectivity index (χ4n) is 2.99. The summed E-state index contributed by atoms with van der Waals surface area (Å²) < 4.78 is 12.8. The minimum atomic E-state index is -0.179. The fourth-order valence-corrected chi connectivity index (χ4v) is 3.49. The first-order valence-electron chi connectivity index (χ1n) is 7.88. The summed E-state index contributed by atoms with van der Waals surface area (Å²) in [4.78, 5) is 14.2. The van der Waals surface area contributed by atoms with Crippen LogP contribution in [0.15, 0.2) is 30.6 Å². The number of ether oxygens (including phenoxy) is 2. The lowest BCUT2D eigenvalue weighted by atomic mass is 10.2. The molecular weight excluding hydrogens is 367 g/mol. The third-order valence-electron chi connectivity index (χ3n) is 4.12. The average molecular weight is 383 g/mol. The van der Waals surface area contributed by atoms with Gasteiger partial charge in [0, 0.05) is 5.02 Å². The molecule has 4 rings (SSSR count). The SMILES string of the molecule is O=C(Nc1cnn(-c2ccc(Cl)cc2Cl)c1)N1CC2COCC(C1)O2. The number of hydrogen-bond donors (Lipinski definition) is 1. The van der Waals surface area contributed by atoms with Gasteiger partial charge in [0.05, 0.1) is 67.3 Å². The molecule has 2 amide bonds. The van der Waals surface area contributed by atoms with Gasteiger partial charge in [-0.05, 0) is 18.2 Å². The number of halogens is 2. The molecule has 132 valence electrons. The van der Waals surface area contributed by atoms with Crippen LogP contribution >= 0.6 is 23.2 Å². The molecule has 2 saturated heterocycles. The number of carbonyl (C=O) groups is 1. The van der Waals surface area contributed by atoms with Crippen LogP contribution in [0.5, 0.6) is 0 Å². The van der Waals surface area contributed by atoms with Gasteiger partial charge in [-0.2, -0.15) is 5.10 Å². The molecule has 25 heavy (non-hydrogen) atoms. The van der Waals surface area contributed by atoms with Gasteiger partial charge in [0.15, 0.2) is 0 Å². The number of nitrogens with zero attached hydrogens (tertiary/aromatic N) is 3. The van der Waals surface area contributed by atoms with Crippen LogP contribution in [-0.2, 0) is 9.47 Å². The van der Waals surface area contributed by atoms with Crippen LogP contribution in [0.3, 0.4) is 0 Å². The zero-order valence-electron chi connectivity index (χ0n) is 13.2. The smallest absolute Gasteiger partial charge is 0.322 e. The summed E-state index contributed by atoms with van der Waals surface area (Å²) in [6.45, 7) is 2.07. The first-order valence-corrected chi connectivity index (χ1v) is 8.63. The topological polar surface area (TPSA) is 68.6 Å². The number of nitrogens with one attached hydrogen (secondary N) is 1. The summed E-state index contributed by atoms with van der Waals surface area (Å²) >= 11 is 12.1. The van der Waals surface area contributed by atoms with Gasteiger partial charge >= 0.3 is 6.03 Å². The molecule has 0 radical (unpaired) electrons. The Kier molecular flexibility index (Phi) is 4.56. The second-order valence-electron chi connectivity index (χ2n) is 6.02. The van der Waals surface area contributed by atoms with Gasteiger partial charge in [0.2, 0.25) is 0 Å². The van der Waals surface area contributed by atoms with Crippen LogP contribution in [0, 0.1) is 0 Å². The number of fused-ring (bicyclic) bond motifs is 2. The summed E-state index contributed by atoms with van der Waals surface area (Å²) in [7, 11) is 0. The van der Waals surface area contributed by atoms with Gasteiger partial charge in [-0.15, -0.1) is 0 Å². The molecule has 0 aliphatic carbocycles. The zero-order valence-corrected chi connectivity index (χ0v) is 14.7. The van der Waals surface area contributed by atoms with Crippen molar-refractivity contribution in [3.63, 3.8) is 0 Å². The van der Waals surface area contributed by atoms with Crippen molar-refractivity contribution in [1.82, 2.24) is 14.7 Å². The lowest BCUT2D eigenvalue weighted by molar-refractivity contribution is -0.170. The average Bonchev–Trinajstić information content (AvgIpc) is 3.02. The minimum absolute atomic E-state index is 0.0613. The molecule has 9 heteroatoms. The van der Waals surface area contributed by atoms with E-state index in [2.05, 4.69) is 10.4 Å². The standard InChI is InChI=1S/C16H16Cl2N4O3/c17-10-1-2-15(14(18)3-10)22-5-11(4-19-22)20-16(23)21-6-12-8-24-9-13(7-21)25-12/h1-5,12-13H,6-9H2,(H,20,23). The monoisotopic (exact) mass is 382 g/mol. The zero-order chi connectivity index (χ0) is 17.4. The van der Waals surface area contributed by atoms with Crippen LogP contribution in [-0.4, -0.2) is 59.2 Å². The molecule has 2 atom stereocenters. The van der Waals surface area contributed by atoms with Crippen molar-refractivity contribution in [2.75, 3.05) is 31.6 Å². The number of morpholine rings is 1. The molecule has 2 aliphatic heterocycles. The number of anilines is 1. The predicted octanol–water partition coefficient (Wildman–Crippen LogP) is 2.81. The Morgan fingerprint density at radius 1 is 1.24 bits per heavy atom. The van der Waals surface area contributed by atoms with E-state index in [1.54, 1.807) is 40.2 Å². The number of amides is 2. The molecule has 1 aromatic carbocycles. The Labute approximate surface area is 154 Å². The quantitative estimate of drug-likeness (QED) is 0.866. The van der Waals surface area contributed by atoms with Crippen molar-refractivity contribution in [3.05, 3.63) is 40.6 Å². The van der Waals surface area contributed by atoms with E-state index in [-0.39, 0.29) is 18.2 Å². The second-order valence-corrected chi connectivity index (χ2v) is 6.87. The highest BCUT2D eigenvalue weighted by Gasteiger charge is 2.34. The van der Waals surface area contributed by atoms with Crippen LogP contribution in [0.2, 0.25) is 10.0 Å². The van der Waals surface area contributed by atoms with Crippen LogP contribution in [0.25, 0.3) is 5.69 Å². The third kappa shape index (κ3) is 3.59. The van der Waals surface area contributed by atoms with Crippen LogP contribution in [0.1, 0.15) is 0 Å². The normalized spacial score (nSPS) is 22.7. The maximum absolute atomic E-state index is 12.5. The highest BCUT2D eigenvalue weighted by molar-refractivity contribution is 6.35. The van der Waals surface area contributed by atoms with E-state index >= 15 is 0 Å². The van der Waals surface area contributed by atoms with Gasteiger partial charge in [-0.25, -0.2) is 9.48 Å². The van der Waals surface area contributed by atoms with Crippen LogP contribution < -0.4 is 5.32 Å². The molecule has 0 saturated carbocycles. The van der Waals surface area contributed by atoms with E-state index in [9.17, 15) is 4.79 Å². The molecule has 3 heterocycles. The van der Waals surface area contributed by atoms with E-state index in [0.29, 0.717) is 47.7 Å². The third-order valence-corrected chi connectivity index (χ3v) is 4.66. The number of aromatic nitrogens is 2. The van der Waals surface area contributed by atoms with Gasteiger partial charge in [-0.1, -0.05) is 23.2 Å². The molecule has 1 aromatic heterocycles. The number of rotatable bonds is 2. The van der Waals surface area contributed by atoms with E-state index in [4.69, 9.17) is 32.7 Å². The molecular formula is C16H16Cl2N4O3. The van der Waals surface area contributed by atoms with E-state index in [0.717, 1.165) is 0 Å². The maximum atomic E-state index is 12.5. The second kappa shape index (κ2) is 6.84. The molecule has 2 aromatic rings. The molecule has 7 nitrogen and oxygen atoms in total. The van der Waals surface area contributed by atoms with Crippen LogP contribution in [0.4, 0.5) is 10.5 Å². The Morgan fingerprint density at radius 2 is 2.00 bits per heavy atom. The van der Waals surface area contributed by atoms with Gasteiger partial charge in [-0.3, -0.25) is 0 Å². The molecule has 0 spiro atoms. The highest BCUT2D eigenvalue weighted by Crippen LogP contribution is 2.25. The van der Waals surface area contributed by atoms with Crippen molar-refractivity contribution < 1.29 is 14.3 Å². The Hall–Kier alpha value is -1.80. The van der Waals surface area contributed by atoms with Crippen molar-refractivity contribution in [3.8, 4) is 5.69 Å². The van der Waals surface area contributed by atoms with Crippen molar-refractivity contribution >= 4 is 34.9 Å². The van der Waals surface area contributed by atoms with Crippen molar-refractivity contribution in [2.24, 2.45) is 0 Å². The summed E-state index contributed by atoms with van der Waals surface area (Å²) in [6, 6.07) is 4.97. The number of urea groups is 1. The first kappa shape index (κ1) is 16.7. The lowest BCUT2D eigenvalue weighted by Gasteiger charge is -2.41. The largest absolute Gasteiger partial charge is 0.376 e. The van der Waals surface area contributed by atoms with E-state index < -0.39 is 0 Å². The Balaban J connectivity index is 1.45. The molecule has 2 fully saturated rings. The minimum Gasteiger partial charge on any atom is -0.376 e. The highest BCUT2D eigenvalue weighted by atomic mass is 35.5. The van der Waals surface area contributed by atoms with Gasteiger partial charge < -0.3 is 19.7 Å². The summed E-state index contributed by atoms with van der Waals surface area (Å²) in [6.07, 6.45) is 3.16. The number of carbonyl (C=O) groups excluding carboxylic acids is 1. The molecule has 2 aliphatic rings. The maximum Gasteiger partial charge on any atom is 0.322 e. The number of hydrogen-bond acceptors (Lipinski definition) is 4. The Morgan fingerprint density at radius 3 is 2.72 bits per heavy atom. The van der Waals surface area contributed by atoms with Gasteiger partial charge in [0.1, 0.15) is 0 Å². The lowest BCUT2D eigenvalue weighted by Crippen LogP contribution is -2.56. The molecule has 2 bridgehead atoms. The van der Waals surface area contributed by atoms with Crippen molar-refractivity contribution in [2.45, 2.75) is 12.2 Å². The number of benzene rings is 1. The summed E-state index contributed by atoms with van der Waals surface area (Å²) in [5, 5.41) is 8.14.